The van der Waals surface area contributed by atoms with Crippen molar-refractivity contribution in [3.8, 4) is 0 Å². The fourth-order valence-electron chi connectivity index (χ4n) is 2.50. The molecule has 1 fully saturated rings. The lowest BCUT2D eigenvalue weighted by Crippen LogP contribution is -2.34. The molecule has 0 aliphatic heterocycles. The van der Waals surface area contributed by atoms with E-state index in [1.54, 1.807) is 6.07 Å². The predicted molar refractivity (Wildman–Crippen MR) is 79.7 cm³/mol. The second kappa shape index (κ2) is 5.80. The SMILES string of the molecule is CN(C)c1ccc(NC(=O)C2CCCC2N)cc1Cl. The quantitative estimate of drug-likeness (QED) is 0.895. The molecule has 1 aliphatic rings. The number of benzene rings is 1. The Morgan fingerprint density at radius 3 is 2.68 bits per heavy atom. The third-order valence-corrected chi connectivity index (χ3v) is 3.91. The average Bonchev–Trinajstić information content (AvgIpc) is 2.75. The fourth-order valence-corrected chi connectivity index (χ4v) is 2.85. The number of amides is 1. The van der Waals surface area contributed by atoms with E-state index < -0.39 is 0 Å². The zero-order valence-corrected chi connectivity index (χ0v) is 12.1. The maximum atomic E-state index is 12.1. The number of hydrogen-bond donors (Lipinski definition) is 2. The van der Waals surface area contributed by atoms with Gasteiger partial charge < -0.3 is 16.0 Å². The van der Waals surface area contributed by atoms with Gasteiger partial charge in [0, 0.05) is 25.8 Å². The molecule has 3 N–H and O–H groups in total. The molecule has 0 heterocycles. The molecule has 2 rings (SSSR count). The molecule has 0 spiro atoms. The topological polar surface area (TPSA) is 58.4 Å². The summed E-state index contributed by atoms with van der Waals surface area (Å²) in [5, 5.41) is 3.52. The maximum Gasteiger partial charge on any atom is 0.229 e. The van der Waals surface area contributed by atoms with Gasteiger partial charge >= 0.3 is 0 Å². The van der Waals surface area contributed by atoms with Crippen molar-refractivity contribution in [1.29, 1.82) is 0 Å². The van der Waals surface area contributed by atoms with Gasteiger partial charge in [-0.15, -0.1) is 0 Å². The molecular formula is C14H20ClN3O. The molecular weight excluding hydrogens is 262 g/mol. The number of nitrogens with zero attached hydrogens (tertiary/aromatic N) is 1. The summed E-state index contributed by atoms with van der Waals surface area (Å²) in [5.74, 6) is -0.0778. The van der Waals surface area contributed by atoms with Crippen LogP contribution in [0.25, 0.3) is 0 Å². The molecule has 0 radical (unpaired) electrons. The van der Waals surface area contributed by atoms with Gasteiger partial charge in [0.25, 0.3) is 0 Å². The number of rotatable bonds is 3. The monoisotopic (exact) mass is 281 g/mol. The second-order valence-corrected chi connectivity index (χ2v) is 5.66. The highest BCUT2D eigenvalue weighted by Gasteiger charge is 2.30. The Hall–Kier alpha value is -1.26. The Morgan fingerprint density at radius 1 is 1.42 bits per heavy atom. The number of nitrogens with one attached hydrogen (secondary N) is 1. The highest BCUT2D eigenvalue weighted by atomic mass is 35.5. The molecule has 1 aromatic rings. The lowest BCUT2D eigenvalue weighted by molar-refractivity contribution is -0.120. The Kier molecular flexibility index (Phi) is 4.32. The standard InChI is InChI=1S/C14H20ClN3O/c1-18(2)13-7-6-9(8-11(13)15)17-14(19)10-4-3-5-12(10)16/h6-8,10,12H,3-5,16H2,1-2H3,(H,17,19). The summed E-state index contributed by atoms with van der Waals surface area (Å²) in [5.41, 5.74) is 7.58. The van der Waals surface area contributed by atoms with Gasteiger partial charge in [-0.3, -0.25) is 4.79 Å². The molecule has 1 amide bonds. The number of halogens is 1. The van der Waals surface area contributed by atoms with Gasteiger partial charge in [0.05, 0.1) is 16.6 Å². The highest BCUT2D eigenvalue weighted by molar-refractivity contribution is 6.33. The molecule has 5 heteroatoms. The number of hydrogen-bond acceptors (Lipinski definition) is 3. The minimum Gasteiger partial charge on any atom is -0.376 e. The highest BCUT2D eigenvalue weighted by Crippen LogP contribution is 2.29. The molecule has 2 unspecified atom stereocenters. The van der Waals surface area contributed by atoms with Crippen molar-refractivity contribution in [1.82, 2.24) is 0 Å². The molecule has 19 heavy (non-hydrogen) atoms. The van der Waals surface area contributed by atoms with Crippen molar-refractivity contribution < 1.29 is 4.79 Å². The normalized spacial score (nSPS) is 22.3. The van der Waals surface area contributed by atoms with E-state index in [1.807, 2.05) is 31.1 Å². The van der Waals surface area contributed by atoms with Gasteiger partial charge in [-0.25, -0.2) is 0 Å². The van der Waals surface area contributed by atoms with Crippen LogP contribution in [0.3, 0.4) is 0 Å². The predicted octanol–water partition coefficient (Wildman–Crippen LogP) is 2.47. The van der Waals surface area contributed by atoms with Crippen LogP contribution in [0.2, 0.25) is 5.02 Å². The van der Waals surface area contributed by atoms with Crippen LogP contribution < -0.4 is 16.0 Å². The smallest absolute Gasteiger partial charge is 0.229 e. The number of carbonyl (C=O) groups excluding carboxylic acids is 1. The Labute approximate surface area is 118 Å². The third-order valence-electron chi connectivity index (χ3n) is 3.60. The Bertz CT molecular complexity index is 476. The van der Waals surface area contributed by atoms with E-state index in [0.717, 1.165) is 30.6 Å². The summed E-state index contributed by atoms with van der Waals surface area (Å²) < 4.78 is 0. The summed E-state index contributed by atoms with van der Waals surface area (Å²) in [4.78, 5) is 14.0. The summed E-state index contributed by atoms with van der Waals surface area (Å²) in [6.07, 6.45) is 2.83. The van der Waals surface area contributed by atoms with Crippen LogP contribution in [0.4, 0.5) is 11.4 Å². The largest absolute Gasteiger partial charge is 0.376 e. The molecule has 1 aliphatic carbocycles. The van der Waals surface area contributed by atoms with Crippen LogP contribution in [-0.2, 0) is 4.79 Å². The molecule has 1 aromatic carbocycles. The lowest BCUT2D eigenvalue weighted by Gasteiger charge is -2.17. The van der Waals surface area contributed by atoms with Crippen molar-refractivity contribution in [3.05, 3.63) is 23.2 Å². The fraction of sp³-hybridized carbons (Fsp3) is 0.500. The van der Waals surface area contributed by atoms with Crippen LogP contribution in [0.15, 0.2) is 18.2 Å². The van der Waals surface area contributed by atoms with Crippen LogP contribution in [0.1, 0.15) is 19.3 Å². The average molecular weight is 282 g/mol. The maximum absolute atomic E-state index is 12.1. The third kappa shape index (κ3) is 3.19. The Balaban J connectivity index is 2.07. The number of carbonyl (C=O) groups is 1. The number of nitrogens with two attached hydrogens (primary N) is 1. The molecule has 2 atom stereocenters. The molecule has 0 aromatic heterocycles. The van der Waals surface area contributed by atoms with Gasteiger partial charge in [0.2, 0.25) is 5.91 Å². The van der Waals surface area contributed by atoms with Crippen molar-refractivity contribution in [2.24, 2.45) is 11.7 Å². The van der Waals surface area contributed by atoms with Crippen molar-refractivity contribution in [2.75, 3.05) is 24.3 Å². The van der Waals surface area contributed by atoms with E-state index in [4.69, 9.17) is 17.3 Å². The minimum absolute atomic E-state index is 0.00123. The molecule has 0 bridgehead atoms. The van der Waals surface area contributed by atoms with Gasteiger partial charge in [0.15, 0.2) is 0 Å². The molecule has 1 saturated carbocycles. The van der Waals surface area contributed by atoms with Crippen LogP contribution in [0, 0.1) is 5.92 Å². The van der Waals surface area contributed by atoms with E-state index in [9.17, 15) is 4.79 Å². The molecule has 104 valence electrons. The summed E-state index contributed by atoms with van der Waals surface area (Å²) in [6.45, 7) is 0. The van der Waals surface area contributed by atoms with Crippen molar-refractivity contribution >= 4 is 28.9 Å². The minimum atomic E-state index is -0.0766. The van der Waals surface area contributed by atoms with E-state index in [2.05, 4.69) is 5.32 Å². The summed E-state index contributed by atoms with van der Waals surface area (Å²) in [7, 11) is 3.86. The Morgan fingerprint density at radius 2 is 2.16 bits per heavy atom. The first-order valence-electron chi connectivity index (χ1n) is 6.52. The summed E-state index contributed by atoms with van der Waals surface area (Å²) in [6, 6.07) is 5.51. The lowest BCUT2D eigenvalue weighted by atomic mass is 10.0. The number of anilines is 2. The van der Waals surface area contributed by atoms with Crippen molar-refractivity contribution in [2.45, 2.75) is 25.3 Å². The van der Waals surface area contributed by atoms with Crippen molar-refractivity contribution in [3.63, 3.8) is 0 Å². The van der Waals surface area contributed by atoms with Crippen LogP contribution >= 0.6 is 11.6 Å². The first-order valence-corrected chi connectivity index (χ1v) is 6.90. The first kappa shape index (κ1) is 14.2. The zero-order chi connectivity index (χ0) is 14.0. The van der Waals surface area contributed by atoms with Crippen LogP contribution in [0.5, 0.6) is 0 Å². The molecule has 4 nitrogen and oxygen atoms in total. The van der Waals surface area contributed by atoms with E-state index in [-0.39, 0.29) is 17.9 Å². The van der Waals surface area contributed by atoms with Gasteiger partial charge in [-0.1, -0.05) is 18.0 Å². The van der Waals surface area contributed by atoms with Crippen LogP contribution in [-0.4, -0.2) is 26.0 Å². The van der Waals surface area contributed by atoms with E-state index in [0.29, 0.717) is 5.02 Å². The molecule has 0 saturated heterocycles. The van der Waals surface area contributed by atoms with Gasteiger partial charge in [-0.2, -0.15) is 0 Å². The van der Waals surface area contributed by atoms with Gasteiger partial charge in [-0.05, 0) is 31.0 Å². The van der Waals surface area contributed by atoms with E-state index >= 15 is 0 Å². The van der Waals surface area contributed by atoms with E-state index in [1.165, 1.54) is 0 Å². The summed E-state index contributed by atoms with van der Waals surface area (Å²) >= 11 is 6.18. The second-order valence-electron chi connectivity index (χ2n) is 5.25. The first-order chi connectivity index (χ1) is 8.99. The van der Waals surface area contributed by atoms with Gasteiger partial charge in [0.1, 0.15) is 0 Å². The zero-order valence-electron chi connectivity index (χ0n) is 11.3.